The molecule has 0 saturated heterocycles. The van der Waals surface area contributed by atoms with Crippen molar-refractivity contribution in [3.8, 4) is 0 Å². The predicted molar refractivity (Wildman–Crippen MR) is 108 cm³/mol. The van der Waals surface area contributed by atoms with Crippen molar-refractivity contribution in [3.05, 3.63) is 58.6 Å². The molecule has 0 bridgehead atoms. The molecular formula is C21H22N2O3S. The number of rotatable bonds is 7. The number of hydrogen-bond acceptors (Lipinski definition) is 5. The van der Waals surface area contributed by atoms with E-state index in [1.54, 1.807) is 11.3 Å². The first kappa shape index (κ1) is 19.0. The highest BCUT2D eigenvalue weighted by Crippen LogP contribution is 2.22. The van der Waals surface area contributed by atoms with Crippen LogP contribution in [0.4, 0.5) is 5.69 Å². The summed E-state index contributed by atoms with van der Waals surface area (Å²) in [7, 11) is 0. The van der Waals surface area contributed by atoms with E-state index in [1.807, 2.05) is 56.3 Å². The second kappa shape index (κ2) is 8.77. The number of benzene rings is 2. The third-order valence-corrected chi connectivity index (χ3v) is 5.08. The maximum atomic E-state index is 11.9. The minimum absolute atomic E-state index is 0.271. The lowest BCUT2D eigenvalue weighted by Gasteiger charge is -2.08. The fraction of sp³-hybridized carbons (Fsp3) is 0.286. The van der Waals surface area contributed by atoms with Crippen LogP contribution in [0.5, 0.6) is 0 Å². The van der Waals surface area contributed by atoms with Gasteiger partial charge < -0.3 is 10.1 Å². The van der Waals surface area contributed by atoms with Gasteiger partial charge in [-0.2, -0.15) is 0 Å². The Bertz CT molecular complexity index is 912. The van der Waals surface area contributed by atoms with Gasteiger partial charge in [0.2, 0.25) is 0 Å². The van der Waals surface area contributed by atoms with Crippen LogP contribution >= 0.6 is 11.3 Å². The third kappa shape index (κ3) is 5.62. The molecule has 3 rings (SSSR count). The first-order valence-electron chi connectivity index (χ1n) is 8.88. The Labute approximate surface area is 162 Å². The van der Waals surface area contributed by atoms with Crippen molar-refractivity contribution in [1.82, 2.24) is 4.98 Å². The van der Waals surface area contributed by atoms with Crippen LogP contribution in [0, 0.1) is 13.8 Å². The Balaban J connectivity index is 1.39. The third-order valence-electron chi connectivity index (χ3n) is 3.98. The first-order valence-corrected chi connectivity index (χ1v) is 9.69. The van der Waals surface area contributed by atoms with Crippen molar-refractivity contribution in [2.45, 2.75) is 33.1 Å². The molecule has 2 aromatic carbocycles. The van der Waals surface area contributed by atoms with E-state index < -0.39 is 0 Å². The van der Waals surface area contributed by atoms with Crippen molar-refractivity contribution in [2.75, 3.05) is 11.9 Å². The molecule has 6 heteroatoms. The van der Waals surface area contributed by atoms with Crippen LogP contribution in [0.25, 0.3) is 10.2 Å². The summed E-state index contributed by atoms with van der Waals surface area (Å²) in [5.74, 6) is -0.703. The molecule has 1 aromatic heterocycles. The van der Waals surface area contributed by atoms with E-state index in [0.29, 0.717) is 12.1 Å². The molecule has 1 N–H and O–H groups in total. The first-order chi connectivity index (χ1) is 13.0. The van der Waals surface area contributed by atoms with Gasteiger partial charge in [-0.1, -0.05) is 18.2 Å². The van der Waals surface area contributed by atoms with Crippen molar-refractivity contribution in [2.24, 2.45) is 0 Å². The molecule has 0 aliphatic rings. The predicted octanol–water partition coefficient (Wildman–Crippen LogP) is 4.42. The minimum atomic E-state index is -0.369. The number of para-hydroxylation sites is 1. The van der Waals surface area contributed by atoms with Crippen LogP contribution in [0.3, 0.4) is 0 Å². The molecule has 1 heterocycles. The van der Waals surface area contributed by atoms with E-state index in [4.69, 9.17) is 4.74 Å². The molecule has 27 heavy (non-hydrogen) atoms. The van der Waals surface area contributed by atoms with E-state index in [9.17, 15) is 9.59 Å². The topological polar surface area (TPSA) is 68.3 Å². The second-order valence-corrected chi connectivity index (χ2v) is 7.63. The highest BCUT2D eigenvalue weighted by molar-refractivity contribution is 7.18. The van der Waals surface area contributed by atoms with Gasteiger partial charge in [0, 0.05) is 12.1 Å². The Hall–Kier alpha value is -2.73. The molecule has 0 atom stereocenters. The van der Waals surface area contributed by atoms with Crippen LogP contribution in [0.15, 0.2) is 42.5 Å². The monoisotopic (exact) mass is 382 g/mol. The van der Waals surface area contributed by atoms with Crippen molar-refractivity contribution < 1.29 is 14.3 Å². The van der Waals surface area contributed by atoms with E-state index in [1.165, 1.54) is 0 Å². The highest BCUT2D eigenvalue weighted by Gasteiger charge is 2.10. The summed E-state index contributed by atoms with van der Waals surface area (Å²) in [6.07, 6.45) is 1.65. The van der Waals surface area contributed by atoms with Gasteiger partial charge in [0.25, 0.3) is 5.91 Å². The van der Waals surface area contributed by atoms with Crippen LogP contribution < -0.4 is 5.32 Å². The normalized spacial score (nSPS) is 10.7. The zero-order valence-corrected chi connectivity index (χ0v) is 16.3. The van der Waals surface area contributed by atoms with Crippen molar-refractivity contribution >= 4 is 39.1 Å². The number of anilines is 1. The molecule has 1 amide bonds. The van der Waals surface area contributed by atoms with Gasteiger partial charge in [0.15, 0.2) is 6.61 Å². The number of fused-ring (bicyclic) bond motifs is 1. The second-order valence-electron chi connectivity index (χ2n) is 6.51. The number of carbonyl (C=O) groups is 2. The number of esters is 1. The zero-order valence-electron chi connectivity index (χ0n) is 15.5. The van der Waals surface area contributed by atoms with Gasteiger partial charge in [-0.3, -0.25) is 9.59 Å². The van der Waals surface area contributed by atoms with E-state index in [-0.39, 0.29) is 24.9 Å². The van der Waals surface area contributed by atoms with Crippen LogP contribution in [0.1, 0.15) is 29.0 Å². The van der Waals surface area contributed by atoms with E-state index >= 15 is 0 Å². The SMILES string of the molecule is Cc1cc(C)cc(NC(=O)COC(=O)CCCc2nc3ccccc3s2)c1. The van der Waals surface area contributed by atoms with E-state index in [0.717, 1.165) is 32.8 Å². The standard InChI is InChI=1S/C21H22N2O3S/c1-14-10-15(2)12-16(11-14)22-19(24)13-26-21(25)9-5-8-20-23-17-6-3-4-7-18(17)27-20/h3-4,6-7,10-12H,5,8-9,13H2,1-2H3,(H,22,24). The number of thiazole rings is 1. The molecule has 0 spiro atoms. The molecule has 0 unspecified atom stereocenters. The lowest BCUT2D eigenvalue weighted by molar-refractivity contribution is -0.147. The van der Waals surface area contributed by atoms with Gasteiger partial charge in [-0.15, -0.1) is 11.3 Å². The summed E-state index contributed by atoms with van der Waals surface area (Å²) in [6, 6.07) is 13.8. The lowest BCUT2D eigenvalue weighted by atomic mass is 10.1. The number of aryl methyl sites for hydroxylation is 3. The number of nitrogens with zero attached hydrogens (tertiary/aromatic N) is 1. The summed E-state index contributed by atoms with van der Waals surface area (Å²) in [6.45, 7) is 3.66. The molecule has 0 fully saturated rings. The number of hydrogen-bond donors (Lipinski definition) is 1. The summed E-state index contributed by atoms with van der Waals surface area (Å²) < 4.78 is 6.22. The zero-order chi connectivity index (χ0) is 19.2. The molecule has 5 nitrogen and oxygen atoms in total. The average molecular weight is 382 g/mol. The average Bonchev–Trinajstić information content (AvgIpc) is 3.02. The quantitative estimate of drug-likeness (QED) is 0.614. The lowest BCUT2D eigenvalue weighted by Crippen LogP contribution is -2.21. The maximum Gasteiger partial charge on any atom is 0.306 e. The number of ether oxygens (including phenoxy) is 1. The largest absolute Gasteiger partial charge is 0.456 e. The summed E-state index contributed by atoms with van der Waals surface area (Å²) >= 11 is 1.64. The number of amides is 1. The van der Waals surface area contributed by atoms with E-state index in [2.05, 4.69) is 10.3 Å². The summed E-state index contributed by atoms with van der Waals surface area (Å²) in [5.41, 5.74) is 3.84. The van der Waals surface area contributed by atoms with Gasteiger partial charge in [-0.25, -0.2) is 4.98 Å². The minimum Gasteiger partial charge on any atom is -0.456 e. The molecule has 0 saturated carbocycles. The fourth-order valence-electron chi connectivity index (χ4n) is 2.87. The van der Waals surface area contributed by atoms with Crippen LogP contribution in [-0.4, -0.2) is 23.5 Å². The van der Waals surface area contributed by atoms with Gasteiger partial charge in [0.1, 0.15) is 0 Å². The molecular weight excluding hydrogens is 360 g/mol. The Morgan fingerprint density at radius 2 is 1.85 bits per heavy atom. The molecule has 0 aliphatic heterocycles. The molecule has 140 valence electrons. The Kier molecular flexibility index (Phi) is 6.19. The van der Waals surface area contributed by atoms with Crippen LogP contribution in [0.2, 0.25) is 0 Å². The number of carbonyl (C=O) groups excluding carboxylic acids is 2. The molecule has 3 aromatic rings. The maximum absolute atomic E-state index is 11.9. The Morgan fingerprint density at radius 1 is 1.11 bits per heavy atom. The van der Waals surface area contributed by atoms with Crippen molar-refractivity contribution in [3.63, 3.8) is 0 Å². The molecule has 0 radical (unpaired) electrons. The van der Waals surface area contributed by atoms with Gasteiger partial charge >= 0.3 is 5.97 Å². The number of nitrogens with one attached hydrogen (secondary N) is 1. The Morgan fingerprint density at radius 3 is 2.59 bits per heavy atom. The smallest absolute Gasteiger partial charge is 0.306 e. The van der Waals surface area contributed by atoms with Gasteiger partial charge in [-0.05, 0) is 62.1 Å². The van der Waals surface area contributed by atoms with Crippen molar-refractivity contribution in [1.29, 1.82) is 0 Å². The van der Waals surface area contributed by atoms with Crippen LogP contribution in [-0.2, 0) is 20.7 Å². The molecule has 0 aliphatic carbocycles. The highest BCUT2D eigenvalue weighted by atomic mass is 32.1. The van der Waals surface area contributed by atoms with Gasteiger partial charge in [0.05, 0.1) is 15.2 Å². The summed E-state index contributed by atoms with van der Waals surface area (Å²) in [5, 5.41) is 3.76. The number of aromatic nitrogens is 1. The summed E-state index contributed by atoms with van der Waals surface area (Å²) in [4.78, 5) is 28.3. The fourth-order valence-corrected chi connectivity index (χ4v) is 3.88.